The summed E-state index contributed by atoms with van der Waals surface area (Å²) in [5.74, 6) is 1.89. The highest BCUT2D eigenvalue weighted by Crippen LogP contribution is 2.10. The lowest BCUT2D eigenvalue weighted by Crippen LogP contribution is -2.14. The lowest BCUT2D eigenvalue weighted by Gasteiger charge is -2.13. The Morgan fingerprint density at radius 2 is 2.20 bits per heavy atom. The quantitative estimate of drug-likeness (QED) is 0.747. The maximum absolute atomic E-state index is 4.28. The van der Waals surface area contributed by atoms with Crippen LogP contribution in [0.2, 0.25) is 0 Å². The normalized spacial score (nSPS) is 12.7. The molecule has 0 amide bonds. The molecule has 0 aromatic carbocycles. The monoisotopic (exact) mass is 209 g/mol. The minimum absolute atomic E-state index is 0.736. The number of hydrogen-bond donors (Lipinski definition) is 1. The van der Waals surface area contributed by atoms with Gasteiger partial charge in [0.25, 0.3) is 0 Å². The van der Waals surface area contributed by atoms with E-state index in [2.05, 4.69) is 31.2 Å². The van der Waals surface area contributed by atoms with E-state index in [0.717, 1.165) is 31.2 Å². The van der Waals surface area contributed by atoms with Crippen molar-refractivity contribution in [1.82, 2.24) is 9.78 Å². The van der Waals surface area contributed by atoms with Gasteiger partial charge in [0.1, 0.15) is 5.82 Å². The fourth-order valence-electron chi connectivity index (χ4n) is 1.75. The maximum atomic E-state index is 4.28. The van der Waals surface area contributed by atoms with Crippen LogP contribution < -0.4 is 5.32 Å². The fraction of sp³-hybridized carbons (Fsp3) is 0.750. The van der Waals surface area contributed by atoms with Crippen molar-refractivity contribution in [2.75, 3.05) is 11.9 Å². The standard InChI is InChI=1S/C12H23N3/c1-4-6-11(3)10-13-12-7-8-14-15(12)9-5-2/h7-8,11,13H,4-6,9-10H2,1-3H3. The zero-order valence-electron chi connectivity index (χ0n) is 10.2. The Hall–Kier alpha value is -0.990. The Kier molecular flexibility index (Phi) is 5.22. The third kappa shape index (κ3) is 3.94. The van der Waals surface area contributed by atoms with E-state index in [1.807, 2.05) is 16.9 Å². The molecule has 0 fully saturated rings. The van der Waals surface area contributed by atoms with Crippen LogP contribution >= 0.6 is 0 Å². The van der Waals surface area contributed by atoms with E-state index in [1.165, 1.54) is 12.8 Å². The summed E-state index contributed by atoms with van der Waals surface area (Å²) in [5.41, 5.74) is 0. The van der Waals surface area contributed by atoms with Crippen molar-refractivity contribution in [2.45, 2.75) is 46.6 Å². The van der Waals surface area contributed by atoms with Crippen molar-refractivity contribution in [3.05, 3.63) is 12.3 Å². The van der Waals surface area contributed by atoms with E-state index in [-0.39, 0.29) is 0 Å². The van der Waals surface area contributed by atoms with Gasteiger partial charge in [-0.2, -0.15) is 5.10 Å². The highest BCUT2D eigenvalue weighted by Gasteiger charge is 2.03. The molecule has 1 aromatic heterocycles. The van der Waals surface area contributed by atoms with E-state index < -0.39 is 0 Å². The SMILES string of the molecule is CCCC(C)CNc1ccnn1CCC. The van der Waals surface area contributed by atoms with Crippen LogP contribution in [0.25, 0.3) is 0 Å². The number of nitrogens with zero attached hydrogens (tertiary/aromatic N) is 2. The summed E-state index contributed by atoms with van der Waals surface area (Å²) < 4.78 is 2.04. The first-order valence-electron chi connectivity index (χ1n) is 6.03. The molecule has 3 heteroatoms. The molecule has 0 saturated heterocycles. The molecule has 86 valence electrons. The van der Waals surface area contributed by atoms with Gasteiger partial charge in [-0.25, -0.2) is 4.68 Å². The third-order valence-electron chi connectivity index (χ3n) is 2.57. The zero-order valence-corrected chi connectivity index (χ0v) is 10.2. The van der Waals surface area contributed by atoms with Crippen LogP contribution in [-0.2, 0) is 6.54 Å². The minimum atomic E-state index is 0.736. The van der Waals surface area contributed by atoms with Crippen molar-refractivity contribution in [1.29, 1.82) is 0 Å². The van der Waals surface area contributed by atoms with Crippen molar-refractivity contribution >= 4 is 5.82 Å². The number of aromatic nitrogens is 2. The van der Waals surface area contributed by atoms with Gasteiger partial charge in [-0.15, -0.1) is 0 Å². The van der Waals surface area contributed by atoms with Crippen LogP contribution in [-0.4, -0.2) is 16.3 Å². The minimum Gasteiger partial charge on any atom is -0.370 e. The van der Waals surface area contributed by atoms with Crippen LogP contribution in [0.5, 0.6) is 0 Å². The molecule has 0 aliphatic heterocycles. The van der Waals surface area contributed by atoms with Gasteiger partial charge in [-0.05, 0) is 18.8 Å². The molecule has 0 spiro atoms. The van der Waals surface area contributed by atoms with E-state index in [0.29, 0.717) is 0 Å². The molecule has 1 heterocycles. The van der Waals surface area contributed by atoms with E-state index in [1.54, 1.807) is 0 Å². The number of aryl methyl sites for hydroxylation is 1. The molecule has 1 atom stereocenters. The van der Waals surface area contributed by atoms with E-state index >= 15 is 0 Å². The van der Waals surface area contributed by atoms with Crippen molar-refractivity contribution in [3.63, 3.8) is 0 Å². The first-order valence-corrected chi connectivity index (χ1v) is 6.03. The molecule has 0 bridgehead atoms. The predicted molar refractivity (Wildman–Crippen MR) is 65.1 cm³/mol. The van der Waals surface area contributed by atoms with Crippen molar-refractivity contribution in [3.8, 4) is 0 Å². The average Bonchev–Trinajstić information content (AvgIpc) is 2.64. The summed E-state index contributed by atoms with van der Waals surface area (Å²) >= 11 is 0. The number of hydrogen-bond acceptors (Lipinski definition) is 2. The molecule has 0 aliphatic carbocycles. The molecule has 0 aliphatic rings. The van der Waals surface area contributed by atoms with Crippen molar-refractivity contribution < 1.29 is 0 Å². The topological polar surface area (TPSA) is 29.9 Å². The summed E-state index contributed by atoms with van der Waals surface area (Å²) in [6.45, 7) is 8.74. The number of rotatable bonds is 7. The molecular formula is C12H23N3. The van der Waals surface area contributed by atoms with Gasteiger partial charge in [0, 0.05) is 19.2 Å². The lowest BCUT2D eigenvalue weighted by atomic mass is 10.1. The van der Waals surface area contributed by atoms with Crippen molar-refractivity contribution in [2.24, 2.45) is 5.92 Å². The van der Waals surface area contributed by atoms with Gasteiger partial charge in [0.05, 0.1) is 6.20 Å². The molecule has 0 saturated carbocycles. The Bertz CT molecular complexity index is 268. The summed E-state index contributed by atoms with van der Waals surface area (Å²) in [5, 5.41) is 7.75. The largest absolute Gasteiger partial charge is 0.370 e. The summed E-state index contributed by atoms with van der Waals surface area (Å²) in [7, 11) is 0. The Morgan fingerprint density at radius 3 is 2.87 bits per heavy atom. The molecule has 3 nitrogen and oxygen atoms in total. The predicted octanol–water partition coefficient (Wildman–Crippen LogP) is 3.14. The second kappa shape index (κ2) is 6.49. The number of nitrogens with one attached hydrogen (secondary N) is 1. The second-order valence-electron chi connectivity index (χ2n) is 4.21. The first kappa shape index (κ1) is 12.1. The average molecular weight is 209 g/mol. The van der Waals surface area contributed by atoms with E-state index in [4.69, 9.17) is 0 Å². The van der Waals surface area contributed by atoms with Gasteiger partial charge in [0.15, 0.2) is 0 Å². The lowest BCUT2D eigenvalue weighted by molar-refractivity contribution is 0.543. The van der Waals surface area contributed by atoms with Crippen LogP contribution in [0.1, 0.15) is 40.0 Å². The maximum Gasteiger partial charge on any atom is 0.124 e. The highest BCUT2D eigenvalue weighted by molar-refractivity contribution is 5.33. The van der Waals surface area contributed by atoms with Gasteiger partial charge in [-0.3, -0.25) is 0 Å². The summed E-state index contributed by atoms with van der Waals surface area (Å²) in [6, 6.07) is 2.05. The number of anilines is 1. The first-order chi connectivity index (χ1) is 7.27. The van der Waals surface area contributed by atoms with Crippen LogP contribution in [0, 0.1) is 5.92 Å². The molecule has 0 radical (unpaired) electrons. The highest BCUT2D eigenvalue weighted by atomic mass is 15.3. The Balaban J connectivity index is 2.39. The van der Waals surface area contributed by atoms with E-state index in [9.17, 15) is 0 Å². The fourth-order valence-corrected chi connectivity index (χ4v) is 1.75. The second-order valence-corrected chi connectivity index (χ2v) is 4.21. The van der Waals surface area contributed by atoms with Gasteiger partial charge >= 0.3 is 0 Å². The zero-order chi connectivity index (χ0) is 11.1. The van der Waals surface area contributed by atoms with Crippen LogP contribution in [0.15, 0.2) is 12.3 Å². The summed E-state index contributed by atoms with van der Waals surface area (Å²) in [4.78, 5) is 0. The molecule has 1 aromatic rings. The van der Waals surface area contributed by atoms with Gasteiger partial charge in [0.2, 0.25) is 0 Å². The van der Waals surface area contributed by atoms with Crippen LogP contribution in [0.4, 0.5) is 5.82 Å². The molecule has 15 heavy (non-hydrogen) atoms. The molecule has 1 rings (SSSR count). The summed E-state index contributed by atoms with van der Waals surface area (Å²) in [6.07, 6.45) is 5.54. The Labute approximate surface area is 92.9 Å². The molecule has 1 unspecified atom stereocenters. The Morgan fingerprint density at radius 1 is 1.40 bits per heavy atom. The third-order valence-corrected chi connectivity index (χ3v) is 2.57. The van der Waals surface area contributed by atoms with Gasteiger partial charge in [-0.1, -0.05) is 27.2 Å². The molecular weight excluding hydrogens is 186 g/mol. The molecule has 1 N–H and O–H groups in total. The smallest absolute Gasteiger partial charge is 0.124 e. The van der Waals surface area contributed by atoms with Gasteiger partial charge < -0.3 is 5.32 Å². The van der Waals surface area contributed by atoms with Crippen LogP contribution in [0.3, 0.4) is 0 Å².